The first-order chi connectivity index (χ1) is 13.2. The van der Waals surface area contributed by atoms with E-state index in [4.69, 9.17) is 9.47 Å². The van der Waals surface area contributed by atoms with Gasteiger partial charge in [0, 0.05) is 4.90 Å². The maximum atomic E-state index is 12.2. The predicted molar refractivity (Wildman–Crippen MR) is 113 cm³/mol. The number of aryl methyl sites for hydroxylation is 1. The molecule has 1 N–H and O–H groups in total. The van der Waals surface area contributed by atoms with Gasteiger partial charge in [0.1, 0.15) is 5.75 Å². The van der Waals surface area contributed by atoms with Gasteiger partial charge in [-0.05, 0) is 41.7 Å². The summed E-state index contributed by atoms with van der Waals surface area (Å²) in [6.07, 6.45) is 0. The van der Waals surface area contributed by atoms with Gasteiger partial charge in [0.05, 0.1) is 18.6 Å². The Morgan fingerprint density at radius 1 is 1.11 bits per heavy atom. The smallest absolute Gasteiger partial charge is 0.316 e. The van der Waals surface area contributed by atoms with Crippen molar-refractivity contribution in [3.8, 4) is 5.75 Å². The second-order valence-corrected chi connectivity index (χ2v) is 8.45. The Hall–Kier alpha value is -2.47. The molecule has 0 aromatic heterocycles. The number of anilines is 1. The molecule has 0 heterocycles. The number of thioether (sulfide) groups is 1. The second-order valence-electron chi connectivity index (χ2n) is 7.43. The van der Waals surface area contributed by atoms with E-state index < -0.39 is 11.9 Å². The third-order valence-electron chi connectivity index (χ3n) is 4.14. The summed E-state index contributed by atoms with van der Waals surface area (Å²) in [7, 11) is 1.55. The van der Waals surface area contributed by atoms with E-state index in [2.05, 4.69) is 26.1 Å². The van der Waals surface area contributed by atoms with E-state index in [1.54, 1.807) is 7.11 Å². The summed E-state index contributed by atoms with van der Waals surface area (Å²) >= 11 is 1.40. The standard InChI is InChI=1S/C22H27NO4S/c1-15-8-6-7-9-19(15)28-14-21(25)27-13-20(24)23-17-12-16(22(2,3)4)10-11-18(17)26-5/h6-12H,13-14H2,1-5H3,(H,23,24). The van der Waals surface area contributed by atoms with E-state index in [9.17, 15) is 9.59 Å². The van der Waals surface area contributed by atoms with Gasteiger partial charge in [0.25, 0.3) is 5.91 Å². The van der Waals surface area contributed by atoms with Gasteiger partial charge in [-0.25, -0.2) is 0 Å². The third kappa shape index (κ3) is 6.30. The third-order valence-corrected chi connectivity index (χ3v) is 5.29. The van der Waals surface area contributed by atoms with Gasteiger partial charge in [-0.3, -0.25) is 9.59 Å². The van der Waals surface area contributed by atoms with E-state index in [0.717, 1.165) is 16.0 Å². The van der Waals surface area contributed by atoms with Crippen LogP contribution in [0.15, 0.2) is 47.4 Å². The number of nitrogens with one attached hydrogen (secondary N) is 1. The van der Waals surface area contributed by atoms with Crippen molar-refractivity contribution in [2.75, 3.05) is 24.8 Å². The van der Waals surface area contributed by atoms with Crippen LogP contribution in [-0.4, -0.2) is 31.3 Å². The van der Waals surface area contributed by atoms with Crippen molar-refractivity contribution >= 4 is 29.3 Å². The van der Waals surface area contributed by atoms with E-state index >= 15 is 0 Å². The molecule has 2 aromatic carbocycles. The second kappa shape index (κ2) is 9.64. The van der Waals surface area contributed by atoms with Crippen molar-refractivity contribution in [1.82, 2.24) is 0 Å². The lowest BCUT2D eigenvalue weighted by atomic mass is 9.87. The molecule has 1 amide bonds. The van der Waals surface area contributed by atoms with Crippen LogP contribution < -0.4 is 10.1 Å². The van der Waals surface area contributed by atoms with E-state index in [1.165, 1.54) is 11.8 Å². The number of carbonyl (C=O) groups is 2. The normalized spacial score (nSPS) is 11.0. The summed E-state index contributed by atoms with van der Waals surface area (Å²) in [5.74, 6) is -0.124. The minimum absolute atomic E-state index is 0.0645. The van der Waals surface area contributed by atoms with Crippen LogP contribution in [0.5, 0.6) is 5.75 Å². The van der Waals surface area contributed by atoms with Crippen LogP contribution in [-0.2, 0) is 19.7 Å². The van der Waals surface area contributed by atoms with Crippen LogP contribution >= 0.6 is 11.8 Å². The van der Waals surface area contributed by atoms with Crippen LogP contribution in [0, 0.1) is 6.92 Å². The van der Waals surface area contributed by atoms with Crippen molar-refractivity contribution in [1.29, 1.82) is 0 Å². The molecular weight excluding hydrogens is 374 g/mol. The Morgan fingerprint density at radius 2 is 1.82 bits per heavy atom. The van der Waals surface area contributed by atoms with Gasteiger partial charge in [0.15, 0.2) is 6.61 Å². The van der Waals surface area contributed by atoms with E-state index in [0.29, 0.717) is 11.4 Å². The summed E-state index contributed by atoms with van der Waals surface area (Å²) in [4.78, 5) is 25.2. The number of methoxy groups -OCH3 is 1. The molecule has 0 bridgehead atoms. The molecule has 0 unspecified atom stereocenters. The van der Waals surface area contributed by atoms with Gasteiger partial charge >= 0.3 is 5.97 Å². The van der Waals surface area contributed by atoms with Crippen LogP contribution in [0.3, 0.4) is 0 Å². The number of rotatable bonds is 7. The molecule has 5 nitrogen and oxygen atoms in total. The highest BCUT2D eigenvalue weighted by atomic mass is 32.2. The van der Waals surface area contributed by atoms with Gasteiger partial charge in [-0.15, -0.1) is 11.8 Å². The summed E-state index contributed by atoms with van der Waals surface area (Å²) in [6.45, 7) is 7.92. The molecule has 2 rings (SSSR count). The average Bonchev–Trinajstić information content (AvgIpc) is 2.65. The number of ether oxygens (including phenoxy) is 2. The highest BCUT2D eigenvalue weighted by Gasteiger charge is 2.17. The first kappa shape index (κ1) is 21.8. The largest absolute Gasteiger partial charge is 0.495 e. The molecule has 0 spiro atoms. The van der Waals surface area contributed by atoms with Crippen molar-refractivity contribution in [3.05, 3.63) is 53.6 Å². The first-order valence-corrected chi connectivity index (χ1v) is 10.0. The van der Waals surface area contributed by atoms with Crippen LogP contribution in [0.2, 0.25) is 0 Å². The summed E-state index contributed by atoms with van der Waals surface area (Å²) < 4.78 is 10.4. The molecule has 0 saturated heterocycles. The highest BCUT2D eigenvalue weighted by Crippen LogP contribution is 2.31. The van der Waals surface area contributed by atoms with Crippen LogP contribution in [0.1, 0.15) is 31.9 Å². The maximum absolute atomic E-state index is 12.2. The molecule has 0 aliphatic heterocycles. The van der Waals surface area contributed by atoms with Crippen LogP contribution in [0.4, 0.5) is 5.69 Å². The average molecular weight is 402 g/mol. The topological polar surface area (TPSA) is 64.6 Å². The first-order valence-electron chi connectivity index (χ1n) is 9.03. The van der Waals surface area contributed by atoms with Crippen molar-refractivity contribution in [2.45, 2.75) is 38.0 Å². The monoisotopic (exact) mass is 401 g/mol. The van der Waals surface area contributed by atoms with Crippen molar-refractivity contribution in [3.63, 3.8) is 0 Å². The molecule has 0 aliphatic carbocycles. The fourth-order valence-corrected chi connectivity index (χ4v) is 3.33. The van der Waals surface area contributed by atoms with Crippen molar-refractivity contribution < 1.29 is 19.1 Å². The number of esters is 1. The van der Waals surface area contributed by atoms with Crippen LogP contribution in [0.25, 0.3) is 0 Å². The molecule has 0 saturated carbocycles. The summed E-state index contributed by atoms with van der Waals surface area (Å²) in [5, 5.41) is 2.76. The zero-order valence-electron chi connectivity index (χ0n) is 17.0. The van der Waals surface area contributed by atoms with E-state index in [-0.39, 0.29) is 17.8 Å². The number of hydrogen-bond donors (Lipinski definition) is 1. The molecule has 0 aliphatic rings. The number of hydrogen-bond acceptors (Lipinski definition) is 5. The zero-order valence-corrected chi connectivity index (χ0v) is 17.8. The van der Waals surface area contributed by atoms with Gasteiger partial charge in [-0.1, -0.05) is 45.0 Å². The summed E-state index contributed by atoms with van der Waals surface area (Å²) in [6, 6.07) is 13.5. The fourth-order valence-electron chi connectivity index (χ4n) is 2.50. The molecule has 28 heavy (non-hydrogen) atoms. The zero-order chi connectivity index (χ0) is 20.7. The Morgan fingerprint density at radius 3 is 2.46 bits per heavy atom. The predicted octanol–water partition coefficient (Wildman–Crippen LogP) is 4.58. The number of carbonyl (C=O) groups excluding carboxylic acids is 2. The number of amides is 1. The van der Waals surface area contributed by atoms with Gasteiger partial charge in [0.2, 0.25) is 0 Å². The molecule has 6 heteroatoms. The van der Waals surface area contributed by atoms with Gasteiger partial charge < -0.3 is 14.8 Å². The minimum Gasteiger partial charge on any atom is -0.495 e. The highest BCUT2D eigenvalue weighted by molar-refractivity contribution is 8.00. The molecular formula is C22H27NO4S. The Kier molecular flexibility index (Phi) is 7.52. The molecule has 0 fully saturated rings. The lowest BCUT2D eigenvalue weighted by Crippen LogP contribution is -2.22. The quantitative estimate of drug-likeness (QED) is 0.544. The lowest BCUT2D eigenvalue weighted by molar-refractivity contribution is -0.144. The van der Waals surface area contributed by atoms with E-state index in [1.807, 2.05) is 49.4 Å². The SMILES string of the molecule is COc1ccc(C(C)(C)C)cc1NC(=O)COC(=O)CSc1ccccc1C. The lowest BCUT2D eigenvalue weighted by Gasteiger charge is -2.21. The Labute approximate surface area is 170 Å². The fraction of sp³-hybridized carbons (Fsp3) is 0.364. The van der Waals surface area contributed by atoms with Crippen molar-refractivity contribution in [2.24, 2.45) is 0 Å². The minimum atomic E-state index is -0.432. The maximum Gasteiger partial charge on any atom is 0.316 e. The molecule has 0 radical (unpaired) electrons. The number of benzene rings is 2. The molecule has 0 atom stereocenters. The van der Waals surface area contributed by atoms with Gasteiger partial charge in [-0.2, -0.15) is 0 Å². The summed E-state index contributed by atoms with van der Waals surface area (Å²) in [5.41, 5.74) is 2.66. The molecule has 2 aromatic rings. The molecule has 150 valence electrons. The Bertz CT molecular complexity index is 843. The Balaban J connectivity index is 1.90.